The van der Waals surface area contributed by atoms with E-state index in [0.29, 0.717) is 29.3 Å². The Morgan fingerprint density at radius 3 is 1.22 bits per heavy atom. The van der Waals surface area contributed by atoms with Crippen molar-refractivity contribution in [2.24, 2.45) is 0 Å². The number of nitrogens with zero attached hydrogens (tertiary/aromatic N) is 5. The van der Waals surface area contributed by atoms with Crippen molar-refractivity contribution in [2.75, 3.05) is 9.80 Å². The van der Waals surface area contributed by atoms with Crippen LogP contribution >= 0.6 is 0 Å². The van der Waals surface area contributed by atoms with Crippen LogP contribution in [0.15, 0.2) is 158 Å². The van der Waals surface area contributed by atoms with E-state index in [2.05, 4.69) is 58.3 Å². The molecular formula is C57H50BN5O2. The van der Waals surface area contributed by atoms with Gasteiger partial charge in [0.05, 0.1) is 0 Å². The zero-order valence-corrected chi connectivity index (χ0v) is 36.4. The predicted octanol–water partition coefficient (Wildman–Crippen LogP) is 12.5. The minimum absolute atomic E-state index is 0.0639. The van der Waals surface area contributed by atoms with Crippen LogP contribution in [0.5, 0.6) is 11.5 Å². The van der Waals surface area contributed by atoms with Crippen molar-refractivity contribution < 1.29 is 10.2 Å². The van der Waals surface area contributed by atoms with Gasteiger partial charge in [-0.05, 0) is 138 Å². The fourth-order valence-electron chi connectivity index (χ4n) is 11.2. The van der Waals surface area contributed by atoms with E-state index < -0.39 is 0 Å². The van der Waals surface area contributed by atoms with Crippen LogP contribution in [-0.4, -0.2) is 31.9 Å². The summed E-state index contributed by atoms with van der Waals surface area (Å²) in [5, 5.41) is 21.3. The minimum atomic E-state index is -0.0639. The third-order valence-corrected chi connectivity index (χ3v) is 14.4. The van der Waals surface area contributed by atoms with E-state index >= 15 is 0 Å². The lowest BCUT2D eigenvalue weighted by Gasteiger charge is -2.45. The Morgan fingerprint density at radius 1 is 0.400 bits per heavy atom. The Hall–Kier alpha value is -7.19. The van der Waals surface area contributed by atoms with Gasteiger partial charge in [-0.2, -0.15) is 0 Å². The van der Waals surface area contributed by atoms with Crippen molar-refractivity contribution in [1.82, 2.24) is 15.0 Å². The van der Waals surface area contributed by atoms with Crippen molar-refractivity contribution in [3.63, 3.8) is 0 Å². The van der Waals surface area contributed by atoms with Gasteiger partial charge in [0.15, 0.2) is 17.5 Å². The van der Waals surface area contributed by atoms with E-state index in [1.165, 1.54) is 91.7 Å². The lowest BCUT2D eigenvalue weighted by Crippen LogP contribution is -2.61. The number of hydrogen-bond acceptors (Lipinski definition) is 7. The van der Waals surface area contributed by atoms with Gasteiger partial charge in [-0.15, -0.1) is 0 Å². The molecule has 2 aliphatic carbocycles. The molecule has 0 spiro atoms. The molecule has 4 aliphatic rings. The predicted molar refractivity (Wildman–Crippen MR) is 265 cm³/mol. The number of aromatic nitrogens is 3. The Bertz CT molecular complexity index is 2840. The average molecular weight is 848 g/mol. The molecule has 2 fully saturated rings. The van der Waals surface area contributed by atoms with Crippen LogP contribution in [0.2, 0.25) is 0 Å². The summed E-state index contributed by atoms with van der Waals surface area (Å²) in [6.07, 6.45) is 12.6. The molecule has 7 nitrogen and oxygen atoms in total. The van der Waals surface area contributed by atoms with Crippen LogP contribution in [0, 0.1) is 0 Å². The Balaban J connectivity index is 1.16. The van der Waals surface area contributed by atoms with Crippen molar-refractivity contribution in [1.29, 1.82) is 0 Å². The summed E-state index contributed by atoms with van der Waals surface area (Å²) >= 11 is 0. The van der Waals surface area contributed by atoms with Gasteiger partial charge in [0.25, 0.3) is 6.71 Å². The molecule has 0 radical (unpaired) electrons. The topological polar surface area (TPSA) is 85.6 Å². The maximum atomic E-state index is 10.6. The van der Waals surface area contributed by atoms with Gasteiger partial charge in [-0.25, -0.2) is 15.0 Å². The Labute approximate surface area is 381 Å². The van der Waals surface area contributed by atoms with Crippen LogP contribution in [0.3, 0.4) is 0 Å². The van der Waals surface area contributed by atoms with Crippen LogP contribution in [0.1, 0.15) is 87.2 Å². The molecule has 65 heavy (non-hydrogen) atoms. The molecule has 2 aliphatic heterocycles. The second-order valence-corrected chi connectivity index (χ2v) is 18.4. The van der Waals surface area contributed by atoms with Gasteiger partial charge in [-0.3, -0.25) is 0 Å². The van der Waals surface area contributed by atoms with E-state index in [1.807, 2.05) is 84.9 Å². The molecule has 3 heterocycles. The van der Waals surface area contributed by atoms with Crippen molar-refractivity contribution in [3.05, 3.63) is 169 Å². The van der Waals surface area contributed by atoms with E-state index in [1.54, 1.807) is 24.3 Å². The Kier molecular flexibility index (Phi) is 9.96. The van der Waals surface area contributed by atoms with Gasteiger partial charge in [-0.1, -0.05) is 123 Å². The number of benzene rings is 7. The zero-order valence-electron chi connectivity index (χ0n) is 36.4. The smallest absolute Gasteiger partial charge is 0.252 e. The molecule has 2 N–H and O–H groups in total. The number of anilines is 6. The van der Waals surface area contributed by atoms with Crippen molar-refractivity contribution in [2.45, 2.75) is 76.0 Å². The minimum Gasteiger partial charge on any atom is -0.508 e. The number of phenols is 2. The van der Waals surface area contributed by atoms with E-state index in [-0.39, 0.29) is 18.2 Å². The van der Waals surface area contributed by atoms with Crippen molar-refractivity contribution >= 4 is 57.2 Å². The third-order valence-electron chi connectivity index (χ3n) is 14.4. The summed E-state index contributed by atoms with van der Waals surface area (Å²) in [6, 6.07) is 54.6. The molecule has 1 aromatic heterocycles. The molecule has 0 unspecified atom stereocenters. The number of fused-ring (bicyclic) bond motifs is 4. The molecule has 8 heteroatoms. The largest absolute Gasteiger partial charge is 0.508 e. The molecule has 8 aromatic rings. The number of aromatic hydroxyl groups is 2. The molecule has 318 valence electrons. The second kappa shape index (κ2) is 16.4. The first-order valence-electron chi connectivity index (χ1n) is 23.6. The first-order valence-corrected chi connectivity index (χ1v) is 23.6. The van der Waals surface area contributed by atoms with Crippen LogP contribution in [0.4, 0.5) is 34.1 Å². The molecule has 0 bridgehead atoms. The molecule has 0 saturated heterocycles. The molecule has 0 atom stereocenters. The molecular weight excluding hydrogens is 797 g/mol. The number of hydrogen-bond donors (Lipinski definition) is 2. The summed E-state index contributed by atoms with van der Waals surface area (Å²) in [5.74, 6) is 3.29. The maximum absolute atomic E-state index is 10.6. The third kappa shape index (κ3) is 7.12. The van der Waals surface area contributed by atoms with E-state index in [4.69, 9.17) is 15.0 Å². The Morgan fingerprint density at radius 2 is 0.800 bits per heavy atom. The quantitative estimate of drug-likeness (QED) is 0.155. The van der Waals surface area contributed by atoms with E-state index in [0.717, 1.165) is 50.8 Å². The molecule has 0 amide bonds. The van der Waals surface area contributed by atoms with Gasteiger partial charge in [0.2, 0.25) is 0 Å². The number of phenolic OH excluding ortho intramolecular Hbond substituents is 2. The standard InChI is InChI=1S/C57H50BN5O2/c64-46-27-23-44(24-28-46)62-50-31-21-41(37-13-5-1-6-14-37)33-48(50)58-49-34-42(38-15-7-2-8-16-38)22-32-51(49)63(45-25-29-47(65)30-26-45)53-36-43(35-52(62)54(53)58)57-60-55(39-17-9-3-10-18-39)59-56(61-57)40-19-11-4-12-20-40/h3-4,9-12,17-38,64-65H,1-2,5-8,13-16H2. The maximum Gasteiger partial charge on any atom is 0.252 e. The van der Waals surface area contributed by atoms with Crippen molar-refractivity contribution in [3.8, 4) is 45.7 Å². The normalized spacial score (nSPS) is 15.9. The summed E-state index contributed by atoms with van der Waals surface area (Å²) in [4.78, 5) is 20.4. The highest BCUT2D eigenvalue weighted by atomic mass is 16.3. The lowest BCUT2D eigenvalue weighted by molar-refractivity contribution is 0.444. The van der Waals surface area contributed by atoms with Crippen LogP contribution in [0.25, 0.3) is 34.2 Å². The first-order chi connectivity index (χ1) is 32.0. The van der Waals surface area contributed by atoms with Gasteiger partial charge in [0, 0.05) is 50.8 Å². The monoisotopic (exact) mass is 847 g/mol. The molecule has 7 aromatic carbocycles. The summed E-state index contributed by atoms with van der Waals surface area (Å²) in [5.41, 5.74) is 15.6. The average Bonchev–Trinajstić information content (AvgIpc) is 3.37. The van der Waals surface area contributed by atoms with Crippen LogP contribution in [-0.2, 0) is 0 Å². The SMILES string of the molecule is Oc1ccc(N2c3ccc(C4CCCCC4)cc3B3c4cc(C5CCCCC5)ccc4N(c4ccc(O)cc4)c4cc(-c5nc(-c6ccccc6)nc(-c6ccccc6)n5)cc2c43)cc1. The second-order valence-electron chi connectivity index (χ2n) is 18.4. The summed E-state index contributed by atoms with van der Waals surface area (Å²) in [7, 11) is 0. The highest BCUT2D eigenvalue weighted by molar-refractivity contribution is 7.00. The fourth-order valence-corrected chi connectivity index (χ4v) is 11.2. The fraction of sp³-hybridized carbons (Fsp3) is 0.211. The molecule has 2 saturated carbocycles. The zero-order chi connectivity index (χ0) is 43.4. The lowest BCUT2D eigenvalue weighted by atomic mass is 9.33. The highest BCUT2D eigenvalue weighted by Gasteiger charge is 2.44. The van der Waals surface area contributed by atoms with Gasteiger partial charge in [0.1, 0.15) is 11.5 Å². The van der Waals surface area contributed by atoms with Gasteiger partial charge < -0.3 is 20.0 Å². The summed E-state index contributed by atoms with van der Waals surface area (Å²) < 4.78 is 0. The summed E-state index contributed by atoms with van der Waals surface area (Å²) in [6.45, 7) is -0.0639. The molecule has 12 rings (SSSR count). The number of rotatable bonds is 7. The van der Waals surface area contributed by atoms with E-state index in [9.17, 15) is 10.2 Å². The van der Waals surface area contributed by atoms with Crippen LogP contribution < -0.4 is 26.2 Å². The highest BCUT2D eigenvalue weighted by Crippen LogP contribution is 2.48. The first kappa shape index (κ1) is 39.4. The van der Waals surface area contributed by atoms with Gasteiger partial charge >= 0.3 is 0 Å².